The van der Waals surface area contributed by atoms with Gasteiger partial charge in [-0.25, -0.2) is 4.68 Å². The molecule has 2 heterocycles. The van der Waals surface area contributed by atoms with Crippen molar-refractivity contribution in [3.8, 4) is 22.9 Å². The largest absolute Gasteiger partial charge is 0.507 e. The first-order valence-electron chi connectivity index (χ1n) is 11.6. The van der Waals surface area contributed by atoms with Crippen LogP contribution >= 0.6 is 0 Å². The van der Waals surface area contributed by atoms with Gasteiger partial charge >= 0.3 is 0 Å². The lowest BCUT2D eigenvalue weighted by Gasteiger charge is -2.14. The number of nitrogens with one attached hydrogen (secondary N) is 1. The van der Waals surface area contributed by atoms with Crippen molar-refractivity contribution >= 4 is 5.78 Å². The van der Waals surface area contributed by atoms with Crippen molar-refractivity contribution in [3.63, 3.8) is 0 Å². The second kappa shape index (κ2) is 11.3. The van der Waals surface area contributed by atoms with Gasteiger partial charge in [0.25, 0.3) is 0 Å². The molecular formula is C24H28N8O3. The summed E-state index contributed by atoms with van der Waals surface area (Å²) in [5.41, 5.74) is 2.91. The van der Waals surface area contributed by atoms with E-state index in [2.05, 4.69) is 36.1 Å². The van der Waals surface area contributed by atoms with Crippen molar-refractivity contribution in [1.29, 1.82) is 0 Å². The molecule has 0 spiro atoms. The number of benzene rings is 2. The lowest BCUT2D eigenvalue weighted by molar-refractivity contribution is 0.101. The van der Waals surface area contributed by atoms with Gasteiger partial charge in [0.1, 0.15) is 11.5 Å². The number of aromatic nitrogens is 8. The quantitative estimate of drug-likeness (QED) is 0.233. The Morgan fingerprint density at radius 3 is 2.80 bits per heavy atom. The first-order valence-corrected chi connectivity index (χ1v) is 11.6. The van der Waals surface area contributed by atoms with Crippen LogP contribution < -0.4 is 4.74 Å². The fourth-order valence-corrected chi connectivity index (χ4v) is 3.89. The highest BCUT2D eigenvalue weighted by Crippen LogP contribution is 2.33. The number of aromatic hydroxyl groups is 1. The number of H-pyrrole nitrogens is 1. The molecule has 0 radical (unpaired) electrons. The van der Waals surface area contributed by atoms with Crippen LogP contribution in [0.5, 0.6) is 11.5 Å². The summed E-state index contributed by atoms with van der Waals surface area (Å²) < 4.78 is 7.74. The molecule has 0 saturated carbocycles. The van der Waals surface area contributed by atoms with Crippen LogP contribution in [0.15, 0.2) is 36.4 Å². The monoisotopic (exact) mass is 476 g/mol. The summed E-state index contributed by atoms with van der Waals surface area (Å²) in [6.45, 7) is 4.50. The van der Waals surface area contributed by atoms with E-state index in [0.717, 1.165) is 36.2 Å². The number of carbonyl (C=O) groups excluding carboxylic acids is 1. The zero-order valence-corrected chi connectivity index (χ0v) is 19.8. The third-order valence-electron chi connectivity index (χ3n) is 5.64. The molecule has 2 aromatic carbocycles. The Balaban J connectivity index is 1.31. The fraction of sp³-hybridized carbons (Fsp3) is 0.375. The molecular weight excluding hydrogens is 448 g/mol. The van der Waals surface area contributed by atoms with Gasteiger partial charge in [0.2, 0.25) is 5.82 Å². The van der Waals surface area contributed by atoms with E-state index in [4.69, 9.17) is 4.74 Å². The Morgan fingerprint density at radius 2 is 2.03 bits per heavy atom. The Bertz CT molecular complexity index is 1270. The molecule has 0 atom stereocenters. The first-order chi connectivity index (χ1) is 17.1. The number of phenolic OH excluding ortho intramolecular Hbond substituents is 1. The van der Waals surface area contributed by atoms with Gasteiger partial charge < -0.3 is 9.84 Å². The number of aromatic amines is 1. The van der Waals surface area contributed by atoms with Crippen LogP contribution in [0, 0.1) is 0 Å². The van der Waals surface area contributed by atoms with E-state index in [9.17, 15) is 9.90 Å². The summed E-state index contributed by atoms with van der Waals surface area (Å²) in [5, 5.41) is 36.7. The second-order valence-corrected chi connectivity index (χ2v) is 8.24. The van der Waals surface area contributed by atoms with E-state index in [1.54, 1.807) is 16.8 Å². The molecule has 0 aliphatic heterocycles. The third kappa shape index (κ3) is 5.86. The summed E-state index contributed by atoms with van der Waals surface area (Å²) in [5.74, 6) is 1.82. The van der Waals surface area contributed by atoms with Crippen molar-refractivity contribution in [2.45, 2.75) is 52.5 Å². The van der Waals surface area contributed by atoms with Gasteiger partial charge in [-0.2, -0.15) is 5.21 Å². The number of Topliss-reactive ketones (excluding diaryl/α,β-unsaturated/α-hetero) is 1. The topological polar surface area (TPSA) is 145 Å². The summed E-state index contributed by atoms with van der Waals surface area (Å²) in [6.07, 6.45) is 3.82. The molecule has 11 nitrogen and oxygen atoms in total. The number of aryl methyl sites for hydroxylation is 1. The van der Waals surface area contributed by atoms with Crippen molar-refractivity contribution < 1.29 is 14.6 Å². The van der Waals surface area contributed by atoms with E-state index in [1.165, 1.54) is 6.92 Å². The molecule has 0 bridgehead atoms. The molecule has 4 aromatic rings. The Labute approximate surface area is 202 Å². The zero-order chi connectivity index (χ0) is 24.6. The average Bonchev–Trinajstić information content (AvgIpc) is 3.54. The number of unbranched alkanes of at least 4 members (excludes halogenated alkanes) is 1. The van der Waals surface area contributed by atoms with Gasteiger partial charge in [0, 0.05) is 17.5 Å². The number of tetrazole rings is 2. The maximum atomic E-state index is 11.7. The molecule has 2 N–H and O–H groups in total. The molecule has 0 saturated heterocycles. The summed E-state index contributed by atoms with van der Waals surface area (Å²) >= 11 is 0. The highest BCUT2D eigenvalue weighted by atomic mass is 16.5. The minimum atomic E-state index is -0.161. The molecule has 2 aromatic heterocycles. The number of ketones is 1. The van der Waals surface area contributed by atoms with E-state index >= 15 is 0 Å². The summed E-state index contributed by atoms with van der Waals surface area (Å²) in [7, 11) is 0. The van der Waals surface area contributed by atoms with Gasteiger partial charge in [0.15, 0.2) is 11.6 Å². The highest BCUT2D eigenvalue weighted by Gasteiger charge is 2.16. The molecule has 0 aliphatic rings. The van der Waals surface area contributed by atoms with Gasteiger partial charge in [-0.1, -0.05) is 31.5 Å². The number of carbonyl (C=O) groups is 1. The molecule has 35 heavy (non-hydrogen) atoms. The maximum absolute atomic E-state index is 11.7. The van der Waals surface area contributed by atoms with Crippen LogP contribution in [0.3, 0.4) is 0 Å². The number of nitrogens with zero attached hydrogens (tertiary/aromatic N) is 7. The van der Waals surface area contributed by atoms with Crippen molar-refractivity contribution in [3.05, 3.63) is 58.9 Å². The molecule has 0 aliphatic carbocycles. The number of ether oxygens (including phenoxy) is 1. The van der Waals surface area contributed by atoms with E-state index < -0.39 is 0 Å². The maximum Gasteiger partial charge on any atom is 0.204 e. The molecule has 0 unspecified atom stereocenters. The molecule has 0 amide bonds. The predicted octanol–water partition coefficient (Wildman–Crippen LogP) is 3.16. The summed E-state index contributed by atoms with van der Waals surface area (Å²) in [6, 6.07) is 11.2. The number of rotatable bonds is 12. The van der Waals surface area contributed by atoms with Crippen molar-refractivity contribution in [2.24, 2.45) is 0 Å². The van der Waals surface area contributed by atoms with Crippen LogP contribution in [-0.4, -0.2) is 58.3 Å². The van der Waals surface area contributed by atoms with Crippen LogP contribution in [0.2, 0.25) is 0 Å². The van der Waals surface area contributed by atoms with Crippen LogP contribution in [0.4, 0.5) is 0 Å². The minimum Gasteiger partial charge on any atom is -0.507 e. The van der Waals surface area contributed by atoms with Crippen molar-refractivity contribution in [2.75, 3.05) is 6.61 Å². The number of hydrogen-bond acceptors (Lipinski definition) is 9. The van der Waals surface area contributed by atoms with E-state index in [1.807, 2.05) is 31.2 Å². The van der Waals surface area contributed by atoms with Gasteiger partial charge in [-0.05, 0) is 65.6 Å². The van der Waals surface area contributed by atoms with E-state index in [0.29, 0.717) is 48.7 Å². The Kier molecular flexibility index (Phi) is 7.76. The van der Waals surface area contributed by atoms with Crippen molar-refractivity contribution in [1.82, 2.24) is 40.8 Å². The first kappa shape index (κ1) is 24.0. The number of hydrogen-bond donors (Lipinski definition) is 2. The minimum absolute atomic E-state index is 0.0272. The van der Waals surface area contributed by atoms with E-state index in [-0.39, 0.29) is 11.5 Å². The highest BCUT2D eigenvalue weighted by molar-refractivity contribution is 5.97. The predicted molar refractivity (Wildman–Crippen MR) is 127 cm³/mol. The lowest BCUT2D eigenvalue weighted by Crippen LogP contribution is -2.08. The second-order valence-electron chi connectivity index (χ2n) is 8.24. The smallest absolute Gasteiger partial charge is 0.204 e. The number of phenols is 1. The Hall–Kier alpha value is -4.15. The van der Waals surface area contributed by atoms with Crippen LogP contribution in [0.1, 0.15) is 60.4 Å². The SMILES string of the molecule is CCCc1c(OCCCCc2nnnn2Cc2cccc(-c3nn[nH]n3)c2)ccc(C(C)=O)c1O. The average molecular weight is 477 g/mol. The fourth-order valence-electron chi connectivity index (χ4n) is 3.89. The van der Waals surface area contributed by atoms with Crippen LogP contribution in [-0.2, 0) is 19.4 Å². The van der Waals surface area contributed by atoms with Gasteiger partial charge in [-0.3, -0.25) is 4.79 Å². The standard InChI is InChI=1S/C24H28N8O3/c1-3-7-20-21(12-11-19(16(2)33)23(20)34)35-13-5-4-10-22-25-30-31-32(22)15-17-8-6-9-18(14-17)24-26-28-29-27-24/h6,8-9,11-12,14,34H,3-5,7,10,13,15H2,1-2H3,(H,26,27,28,29). The summed E-state index contributed by atoms with van der Waals surface area (Å²) in [4.78, 5) is 11.7. The molecule has 182 valence electrons. The Morgan fingerprint density at radius 1 is 1.14 bits per heavy atom. The molecule has 11 heteroatoms. The zero-order valence-electron chi connectivity index (χ0n) is 19.8. The lowest BCUT2D eigenvalue weighted by atomic mass is 10.0. The van der Waals surface area contributed by atoms with Gasteiger partial charge in [0.05, 0.1) is 18.7 Å². The van der Waals surface area contributed by atoms with Crippen LogP contribution in [0.25, 0.3) is 11.4 Å². The molecule has 0 fully saturated rings. The normalized spacial score (nSPS) is 11.0. The molecule has 4 rings (SSSR count). The van der Waals surface area contributed by atoms with Gasteiger partial charge in [-0.15, -0.1) is 15.3 Å². The third-order valence-corrected chi connectivity index (χ3v) is 5.64.